The topological polar surface area (TPSA) is 50.5 Å². The fourth-order valence-electron chi connectivity index (χ4n) is 1.30. The lowest BCUT2D eigenvalue weighted by Crippen LogP contribution is -2.44. The van der Waals surface area contributed by atoms with Gasteiger partial charge in [0.05, 0.1) is 12.8 Å². The Morgan fingerprint density at radius 1 is 1.35 bits per heavy atom. The van der Waals surface area contributed by atoms with Crippen LogP contribution >= 0.6 is 0 Å². The summed E-state index contributed by atoms with van der Waals surface area (Å²) in [4.78, 5) is 2.19. The summed E-state index contributed by atoms with van der Waals surface area (Å²) in [6, 6.07) is 5.73. The van der Waals surface area contributed by atoms with Crippen LogP contribution in [0, 0.1) is 0 Å². The number of hydrogen-bond donors (Lipinski definition) is 2. The molecule has 0 aromatic heterocycles. The van der Waals surface area contributed by atoms with E-state index in [1.807, 2.05) is 18.2 Å². The van der Waals surface area contributed by atoms with Crippen LogP contribution in [0.2, 0.25) is 0 Å². The molecule has 0 radical (unpaired) electrons. The van der Waals surface area contributed by atoms with Crippen LogP contribution in [0.4, 0.5) is 11.4 Å². The number of nitrogens with one attached hydrogen (secondary N) is 1. The number of ether oxygens (including phenoxy) is 1. The first-order chi connectivity index (χ1) is 7.86. The minimum atomic E-state index is 0.0919. The fraction of sp³-hybridized carbons (Fsp3) is 0.538. The molecule has 4 heteroatoms. The van der Waals surface area contributed by atoms with Gasteiger partial charge in [-0.1, -0.05) is 0 Å². The SMILES string of the molecule is COc1cc(NCC(C)(C)N(C)C)ccc1N. The Bertz CT molecular complexity index is 375. The standard InChI is InChI=1S/C13H23N3O/c1-13(2,16(3)4)9-15-10-6-7-11(14)12(8-10)17-5/h6-8,15H,9,14H2,1-5H3. The molecule has 0 saturated heterocycles. The first-order valence-corrected chi connectivity index (χ1v) is 5.71. The predicted molar refractivity (Wildman–Crippen MR) is 73.7 cm³/mol. The van der Waals surface area contributed by atoms with E-state index in [9.17, 15) is 0 Å². The molecule has 0 spiro atoms. The average Bonchev–Trinajstić information content (AvgIpc) is 2.28. The molecular formula is C13H23N3O. The Morgan fingerprint density at radius 2 is 2.00 bits per heavy atom. The summed E-state index contributed by atoms with van der Waals surface area (Å²) in [7, 11) is 5.77. The van der Waals surface area contributed by atoms with Crippen LogP contribution in [0.1, 0.15) is 13.8 Å². The van der Waals surface area contributed by atoms with Crippen molar-refractivity contribution >= 4 is 11.4 Å². The maximum absolute atomic E-state index is 5.77. The summed E-state index contributed by atoms with van der Waals surface area (Å²) in [6.45, 7) is 5.23. The first kappa shape index (κ1) is 13.6. The zero-order valence-electron chi connectivity index (χ0n) is 11.4. The number of anilines is 2. The molecule has 0 aliphatic rings. The van der Waals surface area contributed by atoms with Gasteiger partial charge < -0.3 is 20.7 Å². The molecule has 0 fully saturated rings. The van der Waals surface area contributed by atoms with E-state index in [4.69, 9.17) is 10.5 Å². The van der Waals surface area contributed by atoms with Crippen LogP contribution in [0.25, 0.3) is 0 Å². The summed E-state index contributed by atoms with van der Waals surface area (Å²) < 4.78 is 5.19. The Morgan fingerprint density at radius 3 is 2.53 bits per heavy atom. The maximum atomic E-state index is 5.77. The van der Waals surface area contributed by atoms with Gasteiger partial charge in [0.1, 0.15) is 5.75 Å². The molecule has 0 bridgehead atoms. The van der Waals surface area contributed by atoms with Crippen molar-refractivity contribution in [1.29, 1.82) is 0 Å². The molecule has 0 unspecified atom stereocenters. The summed E-state index contributed by atoms with van der Waals surface area (Å²) in [5.41, 5.74) is 7.54. The summed E-state index contributed by atoms with van der Waals surface area (Å²) >= 11 is 0. The molecule has 0 heterocycles. The van der Waals surface area contributed by atoms with Crippen LogP contribution in [-0.4, -0.2) is 38.2 Å². The first-order valence-electron chi connectivity index (χ1n) is 5.71. The minimum absolute atomic E-state index is 0.0919. The third-order valence-corrected chi connectivity index (χ3v) is 3.17. The van der Waals surface area contributed by atoms with E-state index in [0.29, 0.717) is 11.4 Å². The van der Waals surface area contributed by atoms with Crippen LogP contribution in [0.15, 0.2) is 18.2 Å². The van der Waals surface area contributed by atoms with Gasteiger partial charge in [-0.25, -0.2) is 0 Å². The lowest BCUT2D eigenvalue weighted by atomic mass is 10.0. The average molecular weight is 237 g/mol. The number of likely N-dealkylation sites (N-methyl/N-ethyl adjacent to an activating group) is 1. The number of methoxy groups -OCH3 is 1. The minimum Gasteiger partial charge on any atom is -0.495 e. The van der Waals surface area contributed by atoms with Crippen LogP contribution in [-0.2, 0) is 0 Å². The second-order valence-corrected chi connectivity index (χ2v) is 5.02. The molecule has 0 saturated carbocycles. The van der Waals surface area contributed by atoms with E-state index in [1.54, 1.807) is 7.11 Å². The largest absolute Gasteiger partial charge is 0.495 e. The zero-order chi connectivity index (χ0) is 13.1. The van der Waals surface area contributed by atoms with Gasteiger partial charge in [0, 0.05) is 23.8 Å². The molecule has 96 valence electrons. The quantitative estimate of drug-likeness (QED) is 0.769. The number of nitrogen functional groups attached to an aromatic ring is 1. The molecule has 17 heavy (non-hydrogen) atoms. The Hall–Kier alpha value is -1.42. The van der Waals surface area contributed by atoms with Crippen molar-refractivity contribution in [2.75, 3.05) is 38.8 Å². The van der Waals surface area contributed by atoms with Crippen molar-refractivity contribution in [3.8, 4) is 5.75 Å². The lowest BCUT2D eigenvalue weighted by Gasteiger charge is -2.33. The molecule has 3 N–H and O–H groups in total. The van der Waals surface area contributed by atoms with Crippen LogP contribution < -0.4 is 15.8 Å². The third-order valence-electron chi connectivity index (χ3n) is 3.17. The van der Waals surface area contributed by atoms with Gasteiger partial charge in [0.25, 0.3) is 0 Å². The highest BCUT2D eigenvalue weighted by molar-refractivity contribution is 5.61. The summed E-state index contributed by atoms with van der Waals surface area (Å²) in [6.07, 6.45) is 0. The van der Waals surface area contributed by atoms with Crippen molar-refractivity contribution in [3.05, 3.63) is 18.2 Å². The number of benzene rings is 1. The van der Waals surface area contributed by atoms with E-state index in [2.05, 4.69) is 38.2 Å². The van der Waals surface area contributed by atoms with Gasteiger partial charge in [-0.05, 0) is 40.1 Å². The highest BCUT2D eigenvalue weighted by Crippen LogP contribution is 2.25. The summed E-state index contributed by atoms with van der Waals surface area (Å²) in [5.74, 6) is 0.706. The van der Waals surface area contributed by atoms with E-state index in [0.717, 1.165) is 12.2 Å². The zero-order valence-corrected chi connectivity index (χ0v) is 11.4. The normalized spacial score (nSPS) is 11.6. The highest BCUT2D eigenvalue weighted by atomic mass is 16.5. The maximum Gasteiger partial charge on any atom is 0.143 e. The van der Waals surface area contributed by atoms with Gasteiger partial charge in [0.15, 0.2) is 0 Å². The van der Waals surface area contributed by atoms with E-state index < -0.39 is 0 Å². The van der Waals surface area contributed by atoms with Gasteiger partial charge in [-0.3, -0.25) is 0 Å². The van der Waals surface area contributed by atoms with Gasteiger partial charge in [-0.2, -0.15) is 0 Å². The molecule has 4 nitrogen and oxygen atoms in total. The van der Waals surface area contributed by atoms with Gasteiger partial charge in [0.2, 0.25) is 0 Å². The number of nitrogens with zero attached hydrogens (tertiary/aromatic N) is 1. The van der Waals surface area contributed by atoms with E-state index in [1.165, 1.54) is 0 Å². The van der Waals surface area contributed by atoms with Gasteiger partial charge in [-0.15, -0.1) is 0 Å². The van der Waals surface area contributed by atoms with Crippen molar-refractivity contribution < 1.29 is 4.74 Å². The molecule has 0 atom stereocenters. The molecular weight excluding hydrogens is 214 g/mol. The van der Waals surface area contributed by atoms with Gasteiger partial charge >= 0.3 is 0 Å². The Balaban J connectivity index is 2.70. The molecule has 1 aromatic rings. The van der Waals surface area contributed by atoms with E-state index in [-0.39, 0.29) is 5.54 Å². The number of nitrogens with two attached hydrogens (primary N) is 1. The smallest absolute Gasteiger partial charge is 0.143 e. The Kier molecular flexibility index (Phi) is 4.23. The monoisotopic (exact) mass is 237 g/mol. The molecule has 1 rings (SSSR count). The molecule has 0 amide bonds. The van der Waals surface area contributed by atoms with Crippen molar-refractivity contribution in [1.82, 2.24) is 4.90 Å². The fourth-order valence-corrected chi connectivity index (χ4v) is 1.30. The highest BCUT2D eigenvalue weighted by Gasteiger charge is 2.19. The second-order valence-electron chi connectivity index (χ2n) is 5.02. The van der Waals surface area contributed by atoms with Crippen molar-refractivity contribution in [2.24, 2.45) is 0 Å². The molecule has 1 aromatic carbocycles. The van der Waals surface area contributed by atoms with Crippen LogP contribution in [0.5, 0.6) is 5.75 Å². The Labute approximate surface area is 104 Å². The predicted octanol–water partition coefficient (Wildman–Crippen LogP) is 2.03. The number of hydrogen-bond acceptors (Lipinski definition) is 4. The van der Waals surface area contributed by atoms with E-state index >= 15 is 0 Å². The third kappa shape index (κ3) is 3.53. The molecule has 0 aliphatic carbocycles. The summed E-state index contributed by atoms with van der Waals surface area (Å²) in [5, 5.41) is 3.39. The number of rotatable bonds is 5. The van der Waals surface area contributed by atoms with Crippen molar-refractivity contribution in [3.63, 3.8) is 0 Å². The van der Waals surface area contributed by atoms with Crippen molar-refractivity contribution in [2.45, 2.75) is 19.4 Å². The van der Waals surface area contributed by atoms with Crippen LogP contribution in [0.3, 0.4) is 0 Å². The second kappa shape index (κ2) is 5.27. The molecule has 0 aliphatic heterocycles. The lowest BCUT2D eigenvalue weighted by molar-refractivity contribution is 0.210.